The molecule has 2 aromatic rings. The molecule has 0 radical (unpaired) electrons. The minimum atomic E-state index is 0.0494. The number of nitrogens with two attached hydrogens (primary N) is 1. The van der Waals surface area contributed by atoms with Gasteiger partial charge in [-0.2, -0.15) is 0 Å². The lowest BCUT2D eigenvalue weighted by molar-refractivity contribution is 0.414. The van der Waals surface area contributed by atoms with E-state index in [0.717, 1.165) is 36.4 Å². The molecule has 2 N–H and O–H groups in total. The number of aromatic nitrogens is 2. The normalized spacial score (nSPS) is 18.4. The van der Waals surface area contributed by atoms with E-state index in [0.29, 0.717) is 0 Å². The molecule has 1 aliphatic heterocycles. The van der Waals surface area contributed by atoms with Gasteiger partial charge in [0.2, 0.25) is 0 Å². The number of hydrogen-bond acceptors (Lipinski definition) is 3. The van der Waals surface area contributed by atoms with Gasteiger partial charge in [-0.1, -0.05) is 0 Å². The van der Waals surface area contributed by atoms with Gasteiger partial charge in [0.05, 0.1) is 13.3 Å². The highest BCUT2D eigenvalue weighted by atomic mass is 16.5. The smallest absolute Gasteiger partial charge is 0.141 e. The molecule has 1 aliphatic rings. The first-order valence-electron chi connectivity index (χ1n) is 6.25. The van der Waals surface area contributed by atoms with E-state index >= 15 is 0 Å². The number of methoxy groups -OCH3 is 1. The maximum atomic E-state index is 6.18. The van der Waals surface area contributed by atoms with Gasteiger partial charge in [0.1, 0.15) is 11.6 Å². The molecule has 1 atom stereocenters. The van der Waals surface area contributed by atoms with Crippen molar-refractivity contribution in [1.82, 2.24) is 9.55 Å². The molecule has 18 heavy (non-hydrogen) atoms. The van der Waals surface area contributed by atoms with Crippen molar-refractivity contribution in [3.63, 3.8) is 0 Å². The van der Waals surface area contributed by atoms with Gasteiger partial charge < -0.3 is 15.0 Å². The molecule has 2 heterocycles. The lowest BCUT2D eigenvalue weighted by atomic mass is 10.1. The van der Waals surface area contributed by atoms with Gasteiger partial charge in [-0.15, -0.1) is 0 Å². The molecule has 0 aliphatic carbocycles. The SMILES string of the molecule is COc1ccc(-c2ncc3n2C(N)CCC3)cc1. The molecule has 0 bridgehead atoms. The number of rotatable bonds is 2. The molecule has 94 valence electrons. The third-order valence-electron chi connectivity index (χ3n) is 3.49. The highest BCUT2D eigenvalue weighted by Crippen LogP contribution is 2.29. The number of hydrogen-bond donors (Lipinski definition) is 1. The standard InChI is InChI=1S/C14H17N3O/c1-18-12-7-5-10(6-8-12)14-16-9-11-3-2-4-13(15)17(11)14/h5-9,13H,2-4,15H2,1H3. The molecule has 1 aromatic heterocycles. The fourth-order valence-corrected chi connectivity index (χ4v) is 2.53. The van der Waals surface area contributed by atoms with Gasteiger partial charge in [0, 0.05) is 17.5 Å². The lowest BCUT2D eigenvalue weighted by Gasteiger charge is -2.23. The van der Waals surface area contributed by atoms with E-state index in [4.69, 9.17) is 10.5 Å². The summed E-state index contributed by atoms with van der Waals surface area (Å²) in [4.78, 5) is 4.52. The fraction of sp³-hybridized carbons (Fsp3) is 0.357. The van der Waals surface area contributed by atoms with E-state index < -0.39 is 0 Å². The minimum absolute atomic E-state index is 0.0494. The Balaban J connectivity index is 2.03. The van der Waals surface area contributed by atoms with Crippen molar-refractivity contribution < 1.29 is 4.74 Å². The Morgan fingerprint density at radius 1 is 1.33 bits per heavy atom. The van der Waals surface area contributed by atoms with Crippen LogP contribution in [-0.2, 0) is 6.42 Å². The number of ether oxygens (including phenoxy) is 1. The summed E-state index contributed by atoms with van der Waals surface area (Å²) in [6.07, 6.45) is 5.23. The van der Waals surface area contributed by atoms with E-state index in [1.54, 1.807) is 7.11 Å². The lowest BCUT2D eigenvalue weighted by Crippen LogP contribution is -2.25. The zero-order valence-electron chi connectivity index (χ0n) is 10.5. The number of imidazole rings is 1. The van der Waals surface area contributed by atoms with Crippen LogP contribution in [0.4, 0.5) is 0 Å². The van der Waals surface area contributed by atoms with Crippen molar-refractivity contribution >= 4 is 0 Å². The molecular weight excluding hydrogens is 226 g/mol. The second kappa shape index (κ2) is 4.46. The Morgan fingerprint density at radius 3 is 2.83 bits per heavy atom. The van der Waals surface area contributed by atoms with Crippen LogP contribution in [0.3, 0.4) is 0 Å². The van der Waals surface area contributed by atoms with Crippen LogP contribution in [0.5, 0.6) is 5.75 Å². The molecule has 1 aromatic carbocycles. The van der Waals surface area contributed by atoms with Crippen LogP contribution < -0.4 is 10.5 Å². The van der Waals surface area contributed by atoms with Crippen LogP contribution >= 0.6 is 0 Å². The summed E-state index contributed by atoms with van der Waals surface area (Å²) in [5.74, 6) is 1.81. The van der Waals surface area contributed by atoms with Crippen molar-refractivity contribution in [3.8, 4) is 17.1 Å². The Kier molecular flexibility index (Phi) is 2.80. The summed E-state index contributed by atoms with van der Waals surface area (Å²) in [6, 6.07) is 7.95. The molecule has 0 saturated carbocycles. The van der Waals surface area contributed by atoms with Crippen LogP contribution in [0.15, 0.2) is 30.5 Å². The van der Waals surface area contributed by atoms with Gasteiger partial charge in [-0.3, -0.25) is 0 Å². The molecule has 0 fully saturated rings. The van der Waals surface area contributed by atoms with E-state index in [2.05, 4.69) is 9.55 Å². The summed E-state index contributed by atoms with van der Waals surface area (Å²) in [7, 11) is 1.67. The highest BCUT2D eigenvalue weighted by Gasteiger charge is 2.20. The van der Waals surface area contributed by atoms with Crippen LogP contribution in [0.1, 0.15) is 24.7 Å². The first kappa shape index (κ1) is 11.3. The summed E-state index contributed by atoms with van der Waals surface area (Å²) >= 11 is 0. The largest absolute Gasteiger partial charge is 0.497 e. The van der Waals surface area contributed by atoms with E-state index in [-0.39, 0.29) is 6.17 Å². The highest BCUT2D eigenvalue weighted by molar-refractivity contribution is 5.57. The van der Waals surface area contributed by atoms with Crippen molar-refractivity contribution in [2.24, 2.45) is 5.73 Å². The number of benzene rings is 1. The van der Waals surface area contributed by atoms with E-state index in [1.807, 2.05) is 30.5 Å². The molecule has 4 heteroatoms. The summed E-state index contributed by atoms with van der Waals surface area (Å²) in [5.41, 5.74) is 8.50. The molecule has 0 saturated heterocycles. The summed E-state index contributed by atoms with van der Waals surface area (Å²) < 4.78 is 7.33. The first-order valence-corrected chi connectivity index (χ1v) is 6.25. The topological polar surface area (TPSA) is 53.1 Å². The van der Waals surface area contributed by atoms with Crippen molar-refractivity contribution in [3.05, 3.63) is 36.2 Å². The Morgan fingerprint density at radius 2 is 2.11 bits per heavy atom. The third-order valence-corrected chi connectivity index (χ3v) is 3.49. The third kappa shape index (κ3) is 1.78. The Hall–Kier alpha value is -1.81. The molecular formula is C14H17N3O. The average Bonchev–Trinajstić information content (AvgIpc) is 2.84. The quantitative estimate of drug-likeness (QED) is 0.880. The minimum Gasteiger partial charge on any atom is -0.497 e. The van der Waals surface area contributed by atoms with Crippen LogP contribution in [0, 0.1) is 0 Å². The first-order chi connectivity index (χ1) is 8.79. The predicted molar refractivity (Wildman–Crippen MR) is 70.4 cm³/mol. The molecule has 0 spiro atoms. The molecule has 1 unspecified atom stereocenters. The van der Waals surface area contributed by atoms with E-state index in [1.165, 1.54) is 5.69 Å². The Bertz CT molecular complexity index is 545. The fourth-order valence-electron chi connectivity index (χ4n) is 2.53. The zero-order valence-corrected chi connectivity index (χ0v) is 10.5. The predicted octanol–water partition coefficient (Wildman–Crippen LogP) is 2.35. The van der Waals surface area contributed by atoms with E-state index in [9.17, 15) is 0 Å². The van der Waals surface area contributed by atoms with Crippen LogP contribution in [0.2, 0.25) is 0 Å². The van der Waals surface area contributed by atoms with Gasteiger partial charge >= 0.3 is 0 Å². The van der Waals surface area contributed by atoms with Gasteiger partial charge in [-0.25, -0.2) is 4.98 Å². The number of fused-ring (bicyclic) bond motifs is 1. The summed E-state index contributed by atoms with van der Waals surface area (Å²) in [5, 5.41) is 0. The monoisotopic (exact) mass is 243 g/mol. The zero-order chi connectivity index (χ0) is 12.5. The average molecular weight is 243 g/mol. The maximum Gasteiger partial charge on any atom is 0.141 e. The second-order valence-corrected chi connectivity index (χ2v) is 4.63. The van der Waals surface area contributed by atoms with Crippen molar-refractivity contribution in [1.29, 1.82) is 0 Å². The van der Waals surface area contributed by atoms with Gasteiger partial charge in [-0.05, 0) is 43.5 Å². The van der Waals surface area contributed by atoms with Crippen LogP contribution in [-0.4, -0.2) is 16.7 Å². The Labute approximate surface area is 106 Å². The molecule has 3 rings (SSSR count). The van der Waals surface area contributed by atoms with Gasteiger partial charge in [0.15, 0.2) is 0 Å². The molecule has 4 nitrogen and oxygen atoms in total. The van der Waals surface area contributed by atoms with Gasteiger partial charge in [0.25, 0.3) is 0 Å². The second-order valence-electron chi connectivity index (χ2n) is 4.63. The van der Waals surface area contributed by atoms with Crippen LogP contribution in [0.25, 0.3) is 11.4 Å². The maximum absolute atomic E-state index is 6.18. The van der Waals surface area contributed by atoms with Crippen molar-refractivity contribution in [2.75, 3.05) is 7.11 Å². The molecule has 0 amide bonds. The van der Waals surface area contributed by atoms with Crippen molar-refractivity contribution in [2.45, 2.75) is 25.4 Å². The number of nitrogens with zero attached hydrogens (tertiary/aromatic N) is 2. The number of aryl methyl sites for hydroxylation is 1. The summed E-state index contributed by atoms with van der Waals surface area (Å²) in [6.45, 7) is 0.